The summed E-state index contributed by atoms with van der Waals surface area (Å²) in [5.41, 5.74) is 0.647. The van der Waals surface area contributed by atoms with Crippen LogP contribution in [0.3, 0.4) is 0 Å². The van der Waals surface area contributed by atoms with E-state index < -0.39 is 11.6 Å². The molecule has 0 unspecified atom stereocenters. The van der Waals surface area contributed by atoms with Gasteiger partial charge in [-0.05, 0) is 24.6 Å². The van der Waals surface area contributed by atoms with Crippen LogP contribution in [-0.4, -0.2) is 17.0 Å². The SMILES string of the molecule is Cc1nc(Cl)cc(N(C)Cc2ccc(F)c(F)c2)n1. The Morgan fingerprint density at radius 3 is 2.53 bits per heavy atom. The molecule has 1 aromatic carbocycles. The summed E-state index contributed by atoms with van der Waals surface area (Å²) in [5.74, 6) is -0.531. The molecule has 19 heavy (non-hydrogen) atoms. The minimum absolute atomic E-state index is 0.347. The number of nitrogens with zero attached hydrogens (tertiary/aromatic N) is 3. The number of aryl methyl sites for hydroxylation is 1. The Balaban J connectivity index is 2.20. The van der Waals surface area contributed by atoms with Crippen LogP contribution < -0.4 is 4.90 Å². The Morgan fingerprint density at radius 2 is 1.89 bits per heavy atom. The molecule has 2 rings (SSSR count). The standard InChI is InChI=1S/C13H12ClF2N3/c1-8-17-12(14)6-13(18-8)19(2)7-9-3-4-10(15)11(16)5-9/h3-6H,7H2,1-2H3. The summed E-state index contributed by atoms with van der Waals surface area (Å²) < 4.78 is 26.0. The summed E-state index contributed by atoms with van der Waals surface area (Å²) in [6, 6.07) is 5.43. The molecule has 0 aliphatic rings. The van der Waals surface area contributed by atoms with Gasteiger partial charge in [-0.15, -0.1) is 0 Å². The zero-order valence-electron chi connectivity index (χ0n) is 10.5. The minimum atomic E-state index is -0.859. The Labute approximate surface area is 114 Å². The van der Waals surface area contributed by atoms with Crippen molar-refractivity contribution in [3.05, 3.63) is 52.4 Å². The highest BCUT2D eigenvalue weighted by atomic mass is 35.5. The average Bonchev–Trinajstić information content (AvgIpc) is 2.32. The van der Waals surface area contributed by atoms with Gasteiger partial charge < -0.3 is 4.90 Å². The van der Waals surface area contributed by atoms with Crippen LogP contribution in [0, 0.1) is 18.6 Å². The molecule has 0 amide bonds. The lowest BCUT2D eigenvalue weighted by atomic mass is 10.2. The molecule has 2 aromatic rings. The number of anilines is 1. The van der Waals surface area contributed by atoms with Crippen LogP contribution in [0.5, 0.6) is 0 Å². The monoisotopic (exact) mass is 283 g/mol. The molecular formula is C13H12ClF2N3. The van der Waals surface area contributed by atoms with Gasteiger partial charge in [0.1, 0.15) is 16.8 Å². The molecule has 0 bridgehead atoms. The van der Waals surface area contributed by atoms with E-state index in [1.54, 1.807) is 24.9 Å². The van der Waals surface area contributed by atoms with Gasteiger partial charge in [-0.1, -0.05) is 17.7 Å². The van der Waals surface area contributed by atoms with Crippen molar-refractivity contribution in [2.75, 3.05) is 11.9 Å². The van der Waals surface area contributed by atoms with Crippen LogP contribution in [0.2, 0.25) is 5.15 Å². The smallest absolute Gasteiger partial charge is 0.159 e. The first-order chi connectivity index (χ1) is 8.95. The number of hydrogen-bond acceptors (Lipinski definition) is 3. The van der Waals surface area contributed by atoms with Gasteiger partial charge in [0.15, 0.2) is 11.6 Å². The van der Waals surface area contributed by atoms with E-state index in [2.05, 4.69) is 9.97 Å². The second kappa shape index (κ2) is 5.48. The normalized spacial score (nSPS) is 10.6. The van der Waals surface area contributed by atoms with Crippen LogP contribution >= 0.6 is 11.6 Å². The van der Waals surface area contributed by atoms with Crippen molar-refractivity contribution in [2.45, 2.75) is 13.5 Å². The number of halogens is 3. The predicted molar refractivity (Wildman–Crippen MR) is 70.2 cm³/mol. The Hall–Kier alpha value is -1.75. The van der Waals surface area contributed by atoms with Crippen LogP contribution in [0.4, 0.5) is 14.6 Å². The van der Waals surface area contributed by atoms with Gasteiger partial charge in [0.2, 0.25) is 0 Å². The molecule has 0 N–H and O–H groups in total. The van der Waals surface area contributed by atoms with E-state index in [0.717, 1.165) is 6.07 Å². The first-order valence-corrected chi connectivity index (χ1v) is 6.00. The molecule has 0 aliphatic heterocycles. The van der Waals surface area contributed by atoms with Gasteiger partial charge in [-0.2, -0.15) is 0 Å². The van der Waals surface area contributed by atoms with E-state index >= 15 is 0 Å². The number of rotatable bonds is 3. The first kappa shape index (κ1) is 13.7. The van der Waals surface area contributed by atoms with E-state index in [-0.39, 0.29) is 0 Å². The summed E-state index contributed by atoms with van der Waals surface area (Å²) in [4.78, 5) is 9.99. The predicted octanol–water partition coefficient (Wildman–Crippen LogP) is 3.35. The van der Waals surface area contributed by atoms with Crippen LogP contribution in [-0.2, 0) is 6.54 Å². The van der Waals surface area contributed by atoms with E-state index in [9.17, 15) is 8.78 Å². The molecule has 0 fully saturated rings. The third kappa shape index (κ3) is 3.38. The molecule has 1 heterocycles. The zero-order valence-corrected chi connectivity index (χ0v) is 11.2. The Morgan fingerprint density at radius 1 is 1.16 bits per heavy atom. The van der Waals surface area contributed by atoms with Crippen molar-refractivity contribution >= 4 is 17.4 Å². The molecule has 0 radical (unpaired) electrons. The second-order valence-electron chi connectivity index (χ2n) is 4.20. The maximum absolute atomic E-state index is 13.1. The van der Waals surface area contributed by atoms with Crippen LogP contribution in [0.1, 0.15) is 11.4 Å². The maximum Gasteiger partial charge on any atom is 0.159 e. The first-order valence-electron chi connectivity index (χ1n) is 5.62. The second-order valence-corrected chi connectivity index (χ2v) is 4.59. The van der Waals surface area contributed by atoms with Gasteiger partial charge in [0, 0.05) is 19.7 Å². The number of hydrogen-bond donors (Lipinski definition) is 0. The van der Waals surface area contributed by atoms with Gasteiger partial charge in [-0.25, -0.2) is 18.7 Å². The fourth-order valence-corrected chi connectivity index (χ4v) is 1.92. The molecule has 3 nitrogen and oxygen atoms in total. The zero-order chi connectivity index (χ0) is 14.0. The highest BCUT2D eigenvalue weighted by molar-refractivity contribution is 6.29. The van der Waals surface area contributed by atoms with Gasteiger partial charge >= 0.3 is 0 Å². The van der Waals surface area contributed by atoms with Gasteiger partial charge in [0.05, 0.1) is 0 Å². The molecular weight excluding hydrogens is 272 g/mol. The van der Waals surface area contributed by atoms with Crippen molar-refractivity contribution in [3.63, 3.8) is 0 Å². The third-order valence-corrected chi connectivity index (χ3v) is 2.78. The Bertz CT molecular complexity index is 584. The third-order valence-electron chi connectivity index (χ3n) is 2.59. The molecule has 0 saturated heterocycles. The maximum atomic E-state index is 13.1. The lowest BCUT2D eigenvalue weighted by Gasteiger charge is -2.18. The minimum Gasteiger partial charge on any atom is -0.355 e. The highest BCUT2D eigenvalue weighted by Crippen LogP contribution is 2.17. The van der Waals surface area contributed by atoms with Gasteiger partial charge in [0.25, 0.3) is 0 Å². The summed E-state index contributed by atoms with van der Waals surface area (Å²) in [6.07, 6.45) is 0. The van der Waals surface area contributed by atoms with E-state index in [1.165, 1.54) is 12.1 Å². The lowest BCUT2D eigenvalue weighted by molar-refractivity contribution is 0.507. The van der Waals surface area contributed by atoms with Crippen molar-refractivity contribution in [3.8, 4) is 0 Å². The molecule has 100 valence electrons. The van der Waals surface area contributed by atoms with Crippen LogP contribution in [0.15, 0.2) is 24.3 Å². The van der Waals surface area contributed by atoms with Crippen molar-refractivity contribution in [2.24, 2.45) is 0 Å². The summed E-state index contributed by atoms with van der Waals surface area (Å²) in [6.45, 7) is 2.13. The number of aromatic nitrogens is 2. The van der Waals surface area contributed by atoms with Crippen molar-refractivity contribution in [1.29, 1.82) is 0 Å². The molecule has 1 aromatic heterocycles. The highest BCUT2D eigenvalue weighted by Gasteiger charge is 2.08. The fourth-order valence-electron chi connectivity index (χ4n) is 1.70. The van der Waals surface area contributed by atoms with E-state index in [0.29, 0.717) is 28.9 Å². The largest absolute Gasteiger partial charge is 0.355 e. The topological polar surface area (TPSA) is 29.0 Å². The fraction of sp³-hybridized carbons (Fsp3) is 0.231. The lowest BCUT2D eigenvalue weighted by Crippen LogP contribution is -2.18. The summed E-state index contributed by atoms with van der Waals surface area (Å²) >= 11 is 5.86. The molecule has 0 atom stereocenters. The quantitative estimate of drug-likeness (QED) is 0.809. The molecule has 0 spiro atoms. The van der Waals surface area contributed by atoms with Crippen molar-refractivity contribution < 1.29 is 8.78 Å². The Kier molecular flexibility index (Phi) is 3.95. The van der Waals surface area contributed by atoms with E-state index in [4.69, 9.17) is 11.6 Å². The molecule has 6 heteroatoms. The summed E-state index contributed by atoms with van der Waals surface area (Å²) in [7, 11) is 1.79. The van der Waals surface area contributed by atoms with Gasteiger partial charge in [-0.3, -0.25) is 0 Å². The van der Waals surface area contributed by atoms with E-state index in [1.807, 2.05) is 0 Å². The van der Waals surface area contributed by atoms with Crippen molar-refractivity contribution in [1.82, 2.24) is 9.97 Å². The number of benzene rings is 1. The summed E-state index contributed by atoms with van der Waals surface area (Å²) in [5, 5.41) is 0.347. The van der Waals surface area contributed by atoms with Crippen LogP contribution in [0.25, 0.3) is 0 Å². The molecule has 0 aliphatic carbocycles. The average molecular weight is 284 g/mol. The molecule has 0 saturated carbocycles.